The lowest BCUT2D eigenvalue weighted by Crippen LogP contribution is -2.73. The smallest absolute Gasteiger partial charge is 0.226 e. The van der Waals surface area contributed by atoms with Crippen LogP contribution in [-0.4, -0.2) is 10.7 Å². The quantitative estimate of drug-likeness (QED) is 0.115. The molecule has 1 saturated heterocycles. The second kappa shape index (κ2) is 24.8. The zero-order chi connectivity index (χ0) is 63.6. The van der Waals surface area contributed by atoms with Crippen molar-refractivity contribution in [2.24, 2.45) is 4.99 Å². The van der Waals surface area contributed by atoms with Crippen LogP contribution in [0.5, 0.6) is 0 Å². The van der Waals surface area contributed by atoms with Crippen molar-refractivity contribution in [2.75, 3.05) is 9.80 Å². The molecule has 0 spiro atoms. The van der Waals surface area contributed by atoms with Gasteiger partial charge < -0.3 is 9.80 Å². The summed E-state index contributed by atoms with van der Waals surface area (Å²) >= 11 is 79.2. The monoisotopic (exact) mass is 1390 g/mol. The number of amidine groups is 1. The zero-order valence-electron chi connectivity index (χ0n) is 48.4. The fourth-order valence-corrected chi connectivity index (χ4v) is 17.9. The van der Waals surface area contributed by atoms with Crippen molar-refractivity contribution in [2.45, 2.75) is 27.9 Å². The van der Waals surface area contributed by atoms with Crippen molar-refractivity contribution in [3.8, 4) is 0 Å². The number of hydrogen-bond donors (Lipinski definition) is 0. The zero-order valence-corrected chi connectivity index (χ0v) is 56.0. The Bertz CT molecular complexity index is 4370. The maximum absolute atomic E-state index is 8.58. The second-order valence-electron chi connectivity index (χ2n) is 22.5. The van der Waals surface area contributed by atoms with Crippen LogP contribution in [0.15, 0.2) is 308 Å². The maximum Gasteiger partial charge on any atom is 0.226 e. The highest BCUT2D eigenvalue weighted by molar-refractivity contribution is 6.44. The van der Waals surface area contributed by atoms with Crippen LogP contribution < -0.4 is 9.80 Å². The van der Waals surface area contributed by atoms with Crippen LogP contribution in [0, 0.1) is 0 Å². The van der Waals surface area contributed by atoms with E-state index in [9.17, 15) is 0 Å². The van der Waals surface area contributed by atoms with Crippen LogP contribution >= 0.6 is 116 Å². The molecular formula is C78H50Cl10N4. The first-order valence-electron chi connectivity index (χ1n) is 29.4. The lowest BCUT2D eigenvalue weighted by Gasteiger charge is -2.62. The maximum atomic E-state index is 8.58. The third-order valence-corrected chi connectivity index (χ3v) is 20.6. The molecule has 0 aliphatic carbocycles. The first-order chi connectivity index (χ1) is 44.8. The Hall–Kier alpha value is -7.39. The van der Waals surface area contributed by atoms with E-state index in [1.54, 1.807) is 36.4 Å². The normalized spacial score (nSPS) is 15.9. The molecule has 0 N–H and O–H groups in total. The Kier molecular flexibility index (Phi) is 16.8. The van der Waals surface area contributed by atoms with E-state index < -0.39 is 27.9 Å². The van der Waals surface area contributed by atoms with E-state index in [2.05, 4.69) is 136 Å². The number of halogens is 10. The fraction of sp³-hybridized carbons (Fsp3) is 0.0641. The molecule has 0 atom stereocenters. The molecule has 14 rings (SSSR count). The van der Waals surface area contributed by atoms with Crippen molar-refractivity contribution in [3.63, 3.8) is 0 Å². The van der Waals surface area contributed by atoms with Crippen molar-refractivity contribution >= 4 is 133 Å². The van der Waals surface area contributed by atoms with Crippen LogP contribution in [0.1, 0.15) is 55.6 Å². The molecule has 14 heteroatoms. The molecule has 0 bridgehead atoms. The number of aliphatic imine (C=N–C) groups is 1. The van der Waals surface area contributed by atoms with Crippen LogP contribution in [-0.2, 0) is 27.9 Å². The summed E-state index contributed by atoms with van der Waals surface area (Å²) in [4.78, 5) is 13.7. The van der Waals surface area contributed by atoms with E-state index in [1.807, 2.05) is 146 Å². The van der Waals surface area contributed by atoms with Gasteiger partial charge in [-0.15, -0.1) is 0 Å². The molecule has 4 nitrogen and oxygen atoms in total. The summed E-state index contributed by atoms with van der Waals surface area (Å²) in [7, 11) is 0. The van der Waals surface area contributed by atoms with Crippen LogP contribution in [0.2, 0.25) is 50.2 Å². The van der Waals surface area contributed by atoms with Crippen LogP contribution in [0.25, 0.3) is 0 Å². The summed E-state index contributed by atoms with van der Waals surface area (Å²) in [6.07, 6.45) is 0. The molecule has 12 aromatic rings. The van der Waals surface area contributed by atoms with Gasteiger partial charge in [-0.2, -0.15) is 0 Å². The average molecular weight is 1400 g/mol. The molecule has 2 aliphatic heterocycles. The summed E-state index contributed by atoms with van der Waals surface area (Å²) in [6.45, 7) is 0. The van der Waals surface area contributed by atoms with E-state index in [0.29, 0.717) is 38.4 Å². The van der Waals surface area contributed by atoms with Gasteiger partial charge >= 0.3 is 0 Å². The standard InChI is InChI=1S/C78H50Cl10N4/c79-59-41-43-63(65(83)45-59)73-89-74(51-25-9-1-10-26-51,52-27-11-2-12-28-52)75(53-29-13-3-14-30-53,54-31-15-4-16-32-54)92(73)78(64-44-42-60(80)46-66(64)84)90(71-67(85)47-61(81)48-68(71)86)76(55-33-17-5-18-34-55,56-35-19-6-20-36-56)77(57-37-21-7-22-38-57,58-39-23-8-24-40-58)91(78)72-69(87)49-62(82)50-70(72)88/h1-50H. The van der Waals surface area contributed by atoms with Crippen molar-refractivity contribution in [1.82, 2.24) is 4.90 Å². The van der Waals surface area contributed by atoms with Crippen LogP contribution in [0.4, 0.5) is 11.4 Å². The van der Waals surface area contributed by atoms with E-state index in [1.165, 1.54) is 0 Å². The van der Waals surface area contributed by atoms with Gasteiger partial charge in [0.15, 0.2) is 0 Å². The third kappa shape index (κ3) is 9.27. The molecule has 12 aromatic carbocycles. The Morgan fingerprint density at radius 3 is 0.815 bits per heavy atom. The molecule has 2 aliphatic rings. The highest BCUT2D eigenvalue weighted by Crippen LogP contribution is 2.76. The second-order valence-corrected chi connectivity index (χ2v) is 26.7. The molecule has 0 unspecified atom stereocenters. The summed E-state index contributed by atoms with van der Waals surface area (Å²) in [5.74, 6) is -1.96. The summed E-state index contributed by atoms with van der Waals surface area (Å²) < 4.78 is 0. The fourth-order valence-electron chi connectivity index (χ4n) is 14.9. The number of benzene rings is 12. The minimum atomic E-state index is -2.29. The van der Waals surface area contributed by atoms with Gasteiger partial charge in [-0.1, -0.05) is 359 Å². The van der Waals surface area contributed by atoms with Crippen molar-refractivity contribution in [1.29, 1.82) is 0 Å². The van der Waals surface area contributed by atoms with Gasteiger partial charge in [0.05, 0.1) is 41.5 Å². The Labute approximate surface area is 584 Å². The summed E-state index contributed by atoms with van der Waals surface area (Å²) in [6, 6.07) is 101. The third-order valence-electron chi connectivity index (χ3n) is 17.9. The molecule has 92 heavy (non-hydrogen) atoms. The van der Waals surface area contributed by atoms with Gasteiger partial charge in [0, 0.05) is 31.2 Å². The molecule has 0 radical (unpaired) electrons. The number of anilines is 2. The largest absolute Gasteiger partial charge is 0.308 e. The molecule has 452 valence electrons. The molecule has 1 fully saturated rings. The Morgan fingerprint density at radius 1 is 0.239 bits per heavy atom. The van der Waals surface area contributed by atoms with Crippen molar-refractivity contribution < 1.29 is 0 Å². The topological polar surface area (TPSA) is 22.1 Å². The van der Waals surface area contributed by atoms with Crippen molar-refractivity contribution in [3.05, 3.63) is 409 Å². The van der Waals surface area contributed by atoms with Gasteiger partial charge in [0.1, 0.15) is 28.0 Å². The minimum absolute atomic E-state index is 0.156. The molecule has 2 heterocycles. The van der Waals surface area contributed by atoms with Gasteiger partial charge in [-0.05, 0) is 105 Å². The van der Waals surface area contributed by atoms with E-state index in [4.69, 9.17) is 121 Å². The first kappa shape index (κ1) is 62.1. The first-order valence-corrected chi connectivity index (χ1v) is 33.2. The van der Waals surface area contributed by atoms with Crippen LogP contribution in [0.3, 0.4) is 0 Å². The molecule has 0 amide bonds. The lowest BCUT2D eigenvalue weighted by molar-refractivity contribution is 0.0473. The molecular weight excluding hydrogens is 1350 g/mol. The number of hydrogen-bond acceptors (Lipinski definition) is 4. The van der Waals surface area contributed by atoms with Gasteiger partial charge in [0.2, 0.25) is 5.79 Å². The molecule has 0 aromatic heterocycles. The average Bonchev–Trinajstić information content (AvgIpc) is 1.44. The number of nitrogens with zero attached hydrogens (tertiary/aromatic N) is 4. The molecule has 0 saturated carbocycles. The summed E-state index contributed by atoms with van der Waals surface area (Å²) in [5.41, 5.74) is 0.581. The van der Waals surface area contributed by atoms with E-state index >= 15 is 0 Å². The van der Waals surface area contributed by atoms with Gasteiger partial charge in [0.25, 0.3) is 0 Å². The van der Waals surface area contributed by atoms with Gasteiger partial charge in [-0.3, -0.25) is 4.90 Å². The summed E-state index contributed by atoms with van der Waals surface area (Å²) in [5, 5.41) is 2.34. The predicted molar refractivity (Wildman–Crippen MR) is 386 cm³/mol. The predicted octanol–water partition coefficient (Wildman–Crippen LogP) is 23.9. The minimum Gasteiger partial charge on any atom is -0.308 e. The van der Waals surface area contributed by atoms with E-state index in [0.717, 1.165) is 44.5 Å². The SMILES string of the molecule is Clc1ccc(C2=NC(c3ccccc3)(c3ccccc3)C(c3ccccc3)(c3ccccc3)N2C2(c3ccc(Cl)cc3Cl)N(c3c(Cl)cc(Cl)cc3Cl)C(c3ccccc3)(c3ccccc3)C(c3ccccc3)(c3ccccc3)N2c2c(Cl)cc(Cl)cc2Cl)c(Cl)c1. The van der Waals surface area contributed by atoms with Gasteiger partial charge in [-0.25, -0.2) is 4.99 Å². The highest BCUT2D eigenvalue weighted by Gasteiger charge is 2.83. The Balaban J connectivity index is 1.43. The highest BCUT2D eigenvalue weighted by atomic mass is 35.5. The Morgan fingerprint density at radius 2 is 0.511 bits per heavy atom. The van der Waals surface area contributed by atoms with E-state index in [-0.39, 0.29) is 40.2 Å². The number of rotatable bonds is 13. The lowest BCUT2D eigenvalue weighted by atomic mass is 9.61.